The van der Waals surface area contributed by atoms with Crippen LogP contribution in [0.3, 0.4) is 0 Å². The number of nitrogens with zero attached hydrogens (tertiary/aromatic N) is 2. The molecule has 1 atom stereocenters. The molecule has 0 spiro atoms. The summed E-state index contributed by atoms with van der Waals surface area (Å²) in [5.74, 6) is 0.640. The second-order valence-electron chi connectivity index (χ2n) is 5.84. The quantitative estimate of drug-likeness (QED) is 0.797. The van der Waals surface area contributed by atoms with E-state index in [1.807, 2.05) is 49.5 Å². The van der Waals surface area contributed by atoms with Crippen LogP contribution in [0.1, 0.15) is 11.3 Å². The molecule has 1 aliphatic rings. The molecule has 6 heteroatoms. The zero-order valence-electron chi connectivity index (χ0n) is 13.1. The van der Waals surface area contributed by atoms with Crippen molar-refractivity contribution in [3.63, 3.8) is 0 Å². The lowest BCUT2D eigenvalue weighted by molar-refractivity contribution is -0.127. The van der Waals surface area contributed by atoms with Gasteiger partial charge in [0.25, 0.3) is 5.91 Å². The molecule has 1 N–H and O–H groups in total. The van der Waals surface area contributed by atoms with Gasteiger partial charge in [-0.3, -0.25) is 9.48 Å². The molecule has 0 fully saturated rings. The molecule has 1 amide bonds. The summed E-state index contributed by atoms with van der Waals surface area (Å²) in [6.07, 6.45) is 0.0963. The van der Waals surface area contributed by atoms with Gasteiger partial charge in [0.2, 0.25) is 0 Å². The van der Waals surface area contributed by atoms with Crippen molar-refractivity contribution >= 4 is 28.4 Å². The number of halogens is 1. The third-order valence-electron chi connectivity index (χ3n) is 4.27. The van der Waals surface area contributed by atoms with E-state index in [0.29, 0.717) is 18.0 Å². The number of carbonyl (C=O) groups is 1. The fourth-order valence-electron chi connectivity index (χ4n) is 3.09. The molecule has 0 saturated heterocycles. The first-order valence-corrected chi connectivity index (χ1v) is 8.13. The number of amides is 1. The van der Waals surface area contributed by atoms with Gasteiger partial charge in [-0.15, -0.1) is 0 Å². The van der Waals surface area contributed by atoms with Crippen LogP contribution in [-0.2, 0) is 24.8 Å². The van der Waals surface area contributed by atoms with E-state index in [-0.39, 0.29) is 5.91 Å². The third kappa shape index (κ3) is 2.51. The maximum absolute atomic E-state index is 12.4. The minimum Gasteiger partial charge on any atom is -0.480 e. The first-order valence-electron chi connectivity index (χ1n) is 7.76. The molecule has 3 aromatic rings. The Morgan fingerprint density at radius 2 is 2.17 bits per heavy atom. The number of para-hydroxylation sites is 1. The van der Waals surface area contributed by atoms with Gasteiger partial charge in [-0.1, -0.05) is 35.9 Å². The van der Waals surface area contributed by atoms with Crippen LogP contribution < -0.4 is 10.1 Å². The van der Waals surface area contributed by atoms with E-state index in [2.05, 4.69) is 10.4 Å². The zero-order valence-corrected chi connectivity index (χ0v) is 13.9. The summed E-state index contributed by atoms with van der Waals surface area (Å²) in [4.78, 5) is 12.4. The van der Waals surface area contributed by atoms with Gasteiger partial charge in [0.15, 0.2) is 6.10 Å². The van der Waals surface area contributed by atoms with Gasteiger partial charge in [-0.05, 0) is 23.8 Å². The number of benzene rings is 2. The van der Waals surface area contributed by atoms with E-state index in [1.54, 1.807) is 4.68 Å². The maximum Gasteiger partial charge on any atom is 0.261 e. The van der Waals surface area contributed by atoms with Gasteiger partial charge in [0.05, 0.1) is 22.8 Å². The van der Waals surface area contributed by atoms with Crippen molar-refractivity contribution in [3.05, 3.63) is 58.7 Å². The molecular formula is C18H16ClN3O2. The Morgan fingerprint density at radius 3 is 3.00 bits per heavy atom. The number of ether oxygens (including phenoxy) is 1. The largest absolute Gasteiger partial charge is 0.480 e. The Morgan fingerprint density at radius 1 is 1.33 bits per heavy atom. The molecule has 0 saturated carbocycles. The lowest BCUT2D eigenvalue weighted by Gasteiger charge is -2.10. The van der Waals surface area contributed by atoms with Crippen LogP contribution in [-0.4, -0.2) is 21.8 Å². The van der Waals surface area contributed by atoms with E-state index in [4.69, 9.17) is 16.3 Å². The molecule has 5 nitrogen and oxygen atoms in total. The predicted octanol–water partition coefficient (Wildman–Crippen LogP) is 2.85. The molecule has 1 aliphatic heterocycles. The lowest BCUT2D eigenvalue weighted by atomic mass is 10.1. The average Bonchev–Trinajstić information content (AvgIpc) is 3.15. The minimum atomic E-state index is -0.493. The fourth-order valence-corrected chi connectivity index (χ4v) is 3.37. The van der Waals surface area contributed by atoms with Crippen molar-refractivity contribution in [1.82, 2.24) is 15.1 Å². The molecule has 0 bridgehead atoms. The van der Waals surface area contributed by atoms with Crippen LogP contribution in [0.4, 0.5) is 0 Å². The summed E-state index contributed by atoms with van der Waals surface area (Å²) >= 11 is 6.29. The summed E-state index contributed by atoms with van der Waals surface area (Å²) in [5.41, 5.74) is 2.75. The smallest absolute Gasteiger partial charge is 0.261 e. The molecule has 24 heavy (non-hydrogen) atoms. The molecule has 2 aromatic carbocycles. The highest BCUT2D eigenvalue weighted by Crippen LogP contribution is 2.29. The molecule has 122 valence electrons. The Hall–Kier alpha value is -2.53. The Labute approximate surface area is 144 Å². The van der Waals surface area contributed by atoms with E-state index in [9.17, 15) is 4.79 Å². The molecule has 0 aliphatic carbocycles. The maximum atomic E-state index is 12.4. The number of nitrogens with one attached hydrogen (secondary N) is 1. The Bertz CT molecular complexity index is 910. The van der Waals surface area contributed by atoms with Gasteiger partial charge >= 0.3 is 0 Å². The first kappa shape index (κ1) is 15.0. The van der Waals surface area contributed by atoms with Crippen molar-refractivity contribution in [2.45, 2.75) is 19.1 Å². The van der Waals surface area contributed by atoms with E-state index < -0.39 is 6.10 Å². The standard InChI is InChI=1S/C18H16ClN3O2/c1-22-14-7-4-6-12(19)17(14)13(21-22)10-20-18(23)16-9-11-5-2-3-8-15(11)24-16/h2-8,16H,9-10H2,1H3,(H,20,23)/t16-/m0/s1. The normalized spacial score (nSPS) is 16.0. The summed E-state index contributed by atoms with van der Waals surface area (Å²) in [7, 11) is 1.86. The SMILES string of the molecule is Cn1nc(CNC(=O)[C@@H]2Cc3ccccc3O2)c2c(Cl)cccc21. The molecule has 2 heterocycles. The highest BCUT2D eigenvalue weighted by Gasteiger charge is 2.28. The highest BCUT2D eigenvalue weighted by atomic mass is 35.5. The molecular weight excluding hydrogens is 326 g/mol. The van der Waals surface area contributed by atoms with Crippen LogP contribution in [0.5, 0.6) is 5.75 Å². The van der Waals surface area contributed by atoms with Gasteiger partial charge in [-0.25, -0.2) is 0 Å². The van der Waals surface area contributed by atoms with Crippen LogP contribution in [0.15, 0.2) is 42.5 Å². The zero-order chi connectivity index (χ0) is 16.7. The summed E-state index contributed by atoms with van der Waals surface area (Å²) < 4.78 is 7.48. The van der Waals surface area contributed by atoms with Crippen molar-refractivity contribution in [1.29, 1.82) is 0 Å². The van der Waals surface area contributed by atoms with Gasteiger partial charge < -0.3 is 10.1 Å². The topological polar surface area (TPSA) is 56.2 Å². The third-order valence-corrected chi connectivity index (χ3v) is 4.58. The Kier molecular flexibility index (Phi) is 3.65. The fraction of sp³-hybridized carbons (Fsp3) is 0.222. The number of aromatic nitrogens is 2. The van der Waals surface area contributed by atoms with Gasteiger partial charge in [-0.2, -0.15) is 5.10 Å². The number of aryl methyl sites for hydroxylation is 1. The number of fused-ring (bicyclic) bond motifs is 2. The minimum absolute atomic E-state index is 0.142. The van der Waals surface area contributed by atoms with Crippen LogP contribution in [0.2, 0.25) is 5.02 Å². The lowest BCUT2D eigenvalue weighted by Crippen LogP contribution is -2.37. The van der Waals surface area contributed by atoms with Crippen molar-refractivity contribution < 1.29 is 9.53 Å². The number of carbonyl (C=O) groups excluding carboxylic acids is 1. The van der Waals surface area contributed by atoms with Gasteiger partial charge in [0, 0.05) is 18.9 Å². The van der Waals surface area contributed by atoms with Crippen LogP contribution >= 0.6 is 11.6 Å². The molecule has 0 unspecified atom stereocenters. The second kappa shape index (κ2) is 5.83. The molecule has 0 radical (unpaired) electrons. The van der Waals surface area contributed by atoms with Crippen LogP contribution in [0, 0.1) is 0 Å². The molecule has 1 aromatic heterocycles. The summed E-state index contributed by atoms with van der Waals surface area (Å²) in [6, 6.07) is 13.4. The van der Waals surface area contributed by atoms with Crippen molar-refractivity contribution in [3.8, 4) is 5.75 Å². The number of hydrogen-bond acceptors (Lipinski definition) is 3. The van der Waals surface area contributed by atoms with E-state index in [1.165, 1.54) is 0 Å². The van der Waals surface area contributed by atoms with E-state index in [0.717, 1.165) is 27.9 Å². The van der Waals surface area contributed by atoms with Crippen molar-refractivity contribution in [2.75, 3.05) is 0 Å². The predicted molar refractivity (Wildman–Crippen MR) is 92.1 cm³/mol. The molecule has 4 rings (SSSR count). The monoisotopic (exact) mass is 341 g/mol. The van der Waals surface area contributed by atoms with Gasteiger partial charge in [0.1, 0.15) is 5.75 Å². The highest BCUT2D eigenvalue weighted by molar-refractivity contribution is 6.35. The number of rotatable bonds is 3. The van der Waals surface area contributed by atoms with Crippen LogP contribution in [0.25, 0.3) is 10.9 Å². The first-order chi connectivity index (χ1) is 11.6. The number of hydrogen-bond donors (Lipinski definition) is 1. The summed E-state index contributed by atoms with van der Waals surface area (Å²) in [5, 5.41) is 8.88. The average molecular weight is 342 g/mol. The summed E-state index contributed by atoms with van der Waals surface area (Å²) in [6.45, 7) is 0.316. The van der Waals surface area contributed by atoms with Crippen molar-refractivity contribution in [2.24, 2.45) is 7.05 Å². The van der Waals surface area contributed by atoms with E-state index >= 15 is 0 Å². The second-order valence-corrected chi connectivity index (χ2v) is 6.25. The Balaban J connectivity index is 1.49.